The van der Waals surface area contributed by atoms with Crippen molar-refractivity contribution in [1.29, 1.82) is 0 Å². The molecule has 0 bridgehead atoms. The Morgan fingerprint density at radius 3 is 2.92 bits per heavy atom. The number of halogens is 2. The van der Waals surface area contributed by atoms with Crippen LogP contribution in [0, 0.1) is 0 Å². The average molecular weight is 190 g/mol. The van der Waals surface area contributed by atoms with Crippen molar-refractivity contribution in [1.82, 2.24) is 15.0 Å². The smallest absolute Gasteiger partial charge is 0.257 e. The minimum Gasteiger partial charge on any atom is -0.330 e. The number of nitrogens with two attached hydrogens (primary N) is 1. The van der Waals surface area contributed by atoms with Gasteiger partial charge in [-0.2, -0.15) is 0 Å². The van der Waals surface area contributed by atoms with Crippen molar-refractivity contribution in [3.8, 4) is 0 Å². The highest BCUT2D eigenvalue weighted by molar-refractivity contribution is 4.94. The fourth-order valence-electron chi connectivity index (χ4n) is 1.04. The van der Waals surface area contributed by atoms with Gasteiger partial charge in [-0.05, 0) is 19.4 Å². The van der Waals surface area contributed by atoms with Crippen molar-refractivity contribution in [2.24, 2.45) is 5.73 Å². The summed E-state index contributed by atoms with van der Waals surface area (Å²) in [6.07, 6.45) is 0.517. The maximum absolute atomic E-state index is 12.0. The van der Waals surface area contributed by atoms with E-state index in [1.165, 1.54) is 10.9 Å². The fourth-order valence-corrected chi connectivity index (χ4v) is 1.04. The van der Waals surface area contributed by atoms with Crippen molar-refractivity contribution < 1.29 is 8.78 Å². The summed E-state index contributed by atoms with van der Waals surface area (Å²) < 4.78 is 25.2. The second-order valence-electron chi connectivity index (χ2n) is 2.69. The van der Waals surface area contributed by atoms with Crippen molar-refractivity contribution in [3.05, 3.63) is 11.9 Å². The van der Waals surface area contributed by atoms with Crippen molar-refractivity contribution in [3.63, 3.8) is 0 Å². The zero-order valence-corrected chi connectivity index (χ0v) is 7.16. The first kappa shape index (κ1) is 10.0. The molecule has 0 saturated heterocycles. The Morgan fingerprint density at radius 1 is 1.54 bits per heavy atom. The molecule has 2 N–H and O–H groups in total. The molecule has 0 amide bonds. The van der Waals surface area contributed by atoms with Gasteiger partial charge in [-0.3, -0.25) is 0 Å². The first-order valence-corrected chi connectivity index (χ1v) is 4.09. The van der Waals surface area contributed by atoms with Crippen molar-refractivity contribution >= 4 is 0 Å². The molecule has 0 unspecified atom stereocenters. The normalized spacial score (nSPS) is 11.1. The van der Waals surface area contributed by atoms with Crippen LogP contribution in [0.1, 0.15) is 12.1 Å². The van der Waals surface area contributed by atoms with Gasteiger partial charge in [0.1, 0.15) is 6.54 Å². The van der Waals surface area contributed by atoms with Crippen LogP contribution in [0.4, 0.5) is 8.78 Å². The number of alkyl halides is 2. The van der Waals surface area contributed by atoms with E-state index >= 15 is 0 Å². The summed E-state index contributed by atoms with van der Waals surface area (Å²) in [5, 5.41) is 7.12. The Hall–Kier alpha value is -1.04. The Morgan fingerprint density at radius 2 is 2.31 bits per heavy atom. The van der Waals surface area contributed by atoms with Crippen LogP contribution < -0.4 is 5.73 Å². The summed E-state index contributed by atoms with van der Waals surface area (Å²) in [6.45, 7) is 0.153. The van der Waals surface area contributed by atoms with Crippen LogP contribution in [0.5, 0.6) is 0 Å². The van der Waals surface area contributed by atoms with Crippen molar-refractivity contribution in [2.45, 2.75) is 25.8 Å². The first-order chi connectivity index (χ1) is 6.24. The molecule has 1 aromatic heterocycles. The number of rotatable bonds is 5. The third kappa shape index (κ3) is 3.06. The van der Waals surface area contributed by atoms with Crippen LogP contribution in [-0.2, 0) is 13.0 Å². The average Bonchev–Trinajstić information content (AvgIpc) is 2.48. The number of hydrogen-bond donors (Lipinski definition) is 1. The minimum absolute atomic E-state index is 0.389. The summed E-state index contributed by atoms with van der Waals surface area (Å²) in [5.41, 5.74) is 6.01. The largest absolute Gasteiger partial charge is 0.330 e. The fraction of sp³-hybridized carbons (Fsp3) is 0.714. The zero-order valence-electron chi connectivity index (χ0n) is 7.16. The van der Waals surface area contributed by atoms with Crippen molar-refractivity contribution in [2.75, 3.05) is 6.54 Å². The van der Waals surface area contributed by atoms with Gasteiger partial charge in [0.15, 0.2) is 0 Å². The predicted octanol–water partition coefficient (Wildman–Crippen LogP) is 0.434. The second kappa shape index (κ2) is 4.86. The molecule has 1 heterocycles. The van der Waals surface area contributed by atoms with E-state index in [9.17, 15) is 8.78 Å². The number of hydrogen-bond acceptors (Lipinski definition) is 3. The quantitative estimate of drug-likeness (QED) is 0.732. The Balaban J connectivity index is 2.55. The highest BCUT2D eigenvalue weighted by Gasteiger charge is 2.08. The molecule has 0 aliphatic rings. The molecule has 0 radical (unpaired) electrons. The predicted molar refractivity (Wildman–Crippen MR) is 43.4 cm³/mol. The molecule has 0 aromatic carbocycles. The highest BCUT2D eigenvalue weighted by atomic mass is 19.3. The van der Waals surface area contributed by atoms with Gasteiger partial charge in [0, 0.05) is 0 Å². The van der Waals surface area contributed by atoms with Crippen LogP contribution in [0.15, 0.2) is 6.20 Å². The van der Waals surface area contributed by atoms with Gasteiger partial charge in [-0.15, -0.1) is 5.10 Å². The molecular formula is C7H12F2N4. The lowest BCUT2D eigenvalue weighted by molar-refractivity contribution is 0.119. The summed E-state index contributed by atoms with van der Waals surface area (Å²) in [5.74, 6) is 0. The Bertz CT molecular complexity index is 248. The number of aromatic nitrogens is 3. The maximum Gasteiger partial charge on any atom is 0.257 e. The van der Waals surface area contributed by atoms with Gasteiger partial charge in [0.25, 0.3) is 6.43 Å². The van der Waals surface area contributed by atoms with E-state index < -0.39 is 6.43 Å². The summed E-state index contributed by atoms with van der Waals surface area (Å²) in [7, 11) is 0. The zero-order chi connectivity index (χ0) is 9.68. The van der Waals surface area contributed by atoms with Crippen LogP contribution >= 0.6 is 0 Å². The molecule has 1 aromatic rings. The van der Waals surface area contributed by atoms with E-state index in [0.717, 1.165) is 6.42 Å². The summed E-state index contributed by atoms with van der Waals surface area (Å²) in [6, 6.07) is 0. The Labute approximate surface area is 74.7 Å². The van der Waals surface area contributed by atoms with E-state index in [0.29, 0.717) is 18.7 Å². The van der Waals surface area contributed by atoms with E-state index in [-0.39, 0.29) is 6.54 Å². The third-order valence-corrected chi connectivity index (χ3v) is 1.65. The standard InChI is InChI=1S/C7H12F2N4/c8-7(9)5-13-6(2-1-3-10)4-11-12-13/h4,7H,1-3,5,10H2. The van der Waals surface area contributed by atoms with Gasteiger partial charge in [-0.1, -0.05) is 5.21 Å². The molecule has 13 heavy (non-hydrogen) atoms. The topological polar surface area (TPSA) is 56.7 Å². The molecular weight excluding hydrogens is 178 g/mol. The van der Waals surface area contributed by atoms with E-state index in [1.807, 2.05) is 0 Å². The molecule has 74 valence electrons. The number of nitrogens with zero attached hydrogens (tertiary/aromatic N) is 3. The van der Waals surface area contributed by atoms with E-state index in [1.54, 1.807) is 0 Å². The minimum atomic E-state index is -2.39. The lowest BCUT2D eigenvalue weighted by Gasteiger charge is -2.03. The Kier molecular flexibility index (Phi) is 3.75. The number of aryl methyl sites for hydroxylation is 1. The van der Waals surface area contributed by atoms with Crippen LogP contribution in [0.25, 0.3) is 0 Å². The molecule has 0 spiro atoms. The molecule has 4 nitrogen and oxygen atoms in total. The lowest BCUT2D eigenvalue weighted by atomic mass is 10.2. The van der Waals surface area contributed by atoms with Gasteiger partial charge in [0.05, 0.1) is 11.9 Å². The maximum atomic E-state index is 12.0. The second-order valence-corrected chi connectivity index (χ2v) is 2.69. The first-order valence-electron chi connectivity index (χ1n) is 4.09. The van der Waals surface area contributed by atoms with Crippen LogP contribution in [0.3, 0.4) is 0 Å². The molecule has 6 heteroatoms. The molecule has 0 saturated carbocycles. The van der Waals surface area contributed by atoms with Gasteiger partial charge < -0.3 is 5.73 Å². The van der Waals surface area contributed by atoms with Gasteiger partial charge >= 0.3 is 0 Å². The monoisotopic (exact) mass is 190 g/mol. The van der Waals surface area contributed by atoms with Crippen LogP contribution in [-0.4, -0.2) is 28.0 Å². The molecule has 0 aliphatic carbocycles. The van der Waals surface area contributed by atoms with E-state index in [2.05, 4.69) is 10.3 Å². The molecule has 0 aliphatic heterocycles. The lowest BCUT2D eigenvalue weighted by Crippen LogP contribution is -2.12. The summed E-state index contributed by atoms with van der Waals surface area (Å²) in [4.78, 5) is 0. The van der Waals surface area contributed by atoms with Gasteiger partial charge in [0.2, 0.25) is 0 Å². The SMILES string of the molecule is NCCCc1cnnn1CC(F)F. The third-order valence-electron chi connectivity index (χ3n) is 1.65. The molecule has 1 rings (SSSR count). The molecule has 0 fully saturated rings. The van der Waals surface area contributed by atoms with Crippen LogP contribution in [0.2, 0.25) is 0 Å². The summed E-state index contributed by atoms with van der Waals surface area (Å²) >= 11 is 0. The highest BCUT2D eigenvalue weighted by Crippen LogP contribution is 2.03. The van der Waals surface area contributed by atoms with E-state index in [4.69, 9.17) is 5.73 Å². The van der Waals surface area contributed by atoms with Gasteiger partial charge in [-0.25, -0.2) is 13.5 Å². The molecule has 0 atom stereocenters.